The van der Waals surface area contributed by atoms with Crippen molar-refractivity contribution in [3.63, 3.8) is 0 Å². The summed E-state index contributed by atoms with van der Waals surface area (Å²) in [7, 11) is -1.44. The molecule has 0 aliphatic carbocycles. The van der Waals surface area contributed by atoms with Crippen molar-refractivity contribution >= 4 is 12.6 Å². The average Bonchev–Trinajstić information content (AvgIpc) is 2.04. The molecule has 1 aromatic carbocycles. The third kappa shape index (κ3) is 2.07. The lowest BCUT2D eigenvalue weighted by Crippen LogP contribution is -2.29. The minimum Gasteiger partial charge on any atom is -0.423 e. The Labute approximate surface area is 71.4 Å². The van der Waals surface area contributed by atoms with Crippen LogP contribution in [0.2, 0.25) is 0 Å². The van der Waals surface area contributed by atoms with Crippen LogP contribution in [0.25, 0.3) is 0 Å². The van der Waals surface area contributed by atoms with Gasteiger partial charge >= 0.3 is 7.12 Å². The third-order valence-electron chi connectivity index (χ3n) is 1.72. The smallest absolute Gasteiger partial charge is 0.423 e. The quantitative estimate of drug-likeness (QED) is 0.515. The first kappa shape index (κ1) is 9.25. The molecule has 0 heterocycles. The zero-order chi connectivity index (χ0) is 9.14. The van der Waals surface area contributed by atoms with E-state index in [0.717, 1.165) is 5.56 Å². The standard InChI is InChI=1S/C8H11BO3/c1-6(10)7-2-4-8(5-3-7)9(11)12/h2-6,10-12H,1H3/t6-/m0/s1. The van der Waals surface area contributed by atoms with Crippen LogP contribution < -0.4 is 5.46 Å². The number of aliphatic hydroxyl groups is 1. The Bertz CT molecular complexity index is 216. The third-order valence-corrected chi connectivity index (χ3v) is 1.72. The fourth-order valence-corrected chi connectivity index (χ4v) is 0.947. The molecule has 0 amide bonds. The van der Waals surface area contributed by atoms with E-state index in [1.54, 1.807) is 31.2 Å². The second-order valence-corrected chi connectivity index (χ2v) is 2.72. The minimum atomic E-state index is -1.44. The molecule has 0 radical (unpaired) electrons. The molecule has 0 aromatic heterocycles. The van der Waals surface area contributed by atoms with Crippen molar-refractivity contribution in [3.05, 3.63) is 29.8 Å². The number of aliphatic hydroxyl groups excluding tert-OH is 1. The molecule has 64 valence electrons. The van der Waals surface area contributed by atoms with E-state index in [1.165, 1.54) is 0 Å². The molecule has 0 aliphatic rings. The van der Waals surface area contributed by atoms with Gasteiger partial charge in [0.25, 0.3) is 0 Å². The molecule has 0 saturated carbocycles. The van der Waals surface area contributed by atoms with E-state index >= 15 is 0 Å². The first-order valence-corrected chi connectivity index (χ1v) is 3.75. The molecule has 1 atom stereocenters. The first-order valence-electron chi connectivity index (χ1n) is 3.75. The molecule has 0 unspecified atom stereocenters. The van der Waals surface area contributed by atoms with Crippen LogP contribution in [0.3, 0.4) is 0 Å². The zero-order valence-electron chi connectivity index (χ0n) is 6.81. The van der Waals surface area contributed by atoms with Gasteiger partial charge in [-0.1, -0.05) is 24.3 Å². The van der Waals surface area contributed by atoms with Gasteiger partial charge in [-0.05, 0) is 17.9 Å². The summed E-state index contributed by atoms with van der Waals surface area (Å²) in [6.07, 6.45) is -0.519. The highest BCUT2D eigenvalue weighted by atomic mass is 16.4. The van der Waals surface area contributed by atoms with Crippen molar-refractivity contribution in [2.24, 2.45) is 0 Å². The minimum absolute atomic E-state index is 0.430. The summed E-state index contributed by atoms with van der Waals surface area (Å²) in [5.41, 5.74) is 1.19. The number of rotatable bonds is 2. The monoisotopic (exact) mass is 166 g/mol. The molecule has 1 rings (SSSR count). The van der Waals surface area contributed by atoms with Gasteiger partial charge in [0, 0.05) is 0 Å². The number of hydrogen-bond donors (Lipinski definition) is 3. The first-order chi connectivity index (χ1) is 5.61. The van der Waals surface area contributed by atoms with Gasteiger partial charge in [-0.2, -0.15) is 0 Å². The predicted octanol–water partition coefficient (Wildman–Crippen LogP) is -0.580. The van der Waals surface area contributed by atoms with Gasteiger partial charge in [0.1, 0.15) is 0 Å². The normalized spacial score (nSPS) is 12.7. The van der Waals surface area contributed by atoms with E-state index in [2.05, 4.69) is 0 Å². The maximum atomic E-state index is 9.13. The van der Waals surface area contributed by atoms with Gasteiger partial charge in [-0.3, -0.25) is 0 Å². The molecule has 12 heavy (non-hydrogen) atoms. The Morgan fingerprint density at radius 2 is 1.67 bits per heavy atom. The van der Waals surface area contributed by atoms with Crippen LogP contribution >= 0.6 is 0 Å². The van der Waals surface area contributed by atoms with Crippen LogP contribution in [0.4, 0.5) is 0 Å². The lowest BCUT2D eigenvalue weighted by molar-refractivity contribution is 0.199. The Hall–Kier alpha value is -0.835. The van der Waals surface area contributed by atoms with Crippen molar-refractivity contribution in [2.45, 2.75) is 13.0 Å². The van der Waals surface area contributed by atoms with Gasteiger partial charge < -0.3 is 15.2 Å². The van der Waals surface area contributed by atoms with Gasteiger partial charge in [-0.25, -0.2) is 0 Å². The maximum absolute atomic E-state index is 9.13. The van der Waals surface area contributed by atoms with Crippen LogP contribution in [-0.2, 0) is 0 Å². The van der Waals surface area contributed by atoms with Crippen LogP contribution in [0.1, 0.15) is 18.6 Å². The summed E-state index contributed by atoms with van der Waals surface area (Å²) in [6, 6.07) is 6.48. The van der Waals surface area contributed by atoms with E-state index in [0.29, 0.717) is 5.46 Å². The molecule has 4 heteroatoms. The Morgan fingerprint density at radius 1 is 1.17 bits per heavy atom. The Kier molecular flexibility index (Phi) is 2.86. The predicted molar refractivity (Wildman–Crippen MR) is 46.9 cm³/mol. The highest BCUT2D eigenvalue weighted by molar-refractivity contribution is 6.58. The molecule has 3 N–H and O–H groups in total. The summed E-state index contributed by atoms with van der Waals surface area (Å²) in [4.78, 5) is 0. The van der Waals surface area contributed by atoms with Crippen molar-refractivity contribution < 1.29 is 15.2 Å². The van der Waals surface area contributed by atoms with Gasteiger partial charge in [0.15, 0.2) is 0 Å². The van der Waals surface area contributed by atoms with Gasteiger partial charge in [0.2, 0.25) is 0 Å². The fraction of sp³-hybridized carbons (Fsp3) is 0.250. The highest BCUT2D eigenvalue weighted by Crippen LogP contribution is 2.08. The van der Waals surface area contributed by atoms with Crippen LogP contribution in [-0.4, -0.2) is 22.3 Å². The second kappa shape index (κ2) is 3.71. The van der Waals surface area contributed by atoms with E-state index < -0.39 is 13.2 Å². The van der Waals surface area contributed by atoms with E-state index in [4.69, 9.17) is 15.2 Å². The molecule has 0 fully saturated rings. The molecule has 0 bridgehead atoms. The fourth-order valence-electron chi connectivity index (χ4n) is 0.947. The number of benzene rings is 1. The molecule has 0 saturated heterocycles. The molecule has 1 aromatic rings. The van der Waals surface area contributed by atoms with Gasteiger partial charge in [0.05, 0.1) is 6.10 Å². The zero-order valence-corrected chi connectivity index (χ0v) is 6.81. The van der Waals surface area contributed by atoms with Crippen LogP contribution in [0.15, 0.2) is 24.3 Å². The lowest BCUT2D eigenvalue weighted by atomic mass is 9.80. The molecule has 0 spiro atoms. The van der Waals surface area contributed by atoms with Crippen molar-refractivity contribution in [2.75, 3.05) is 0 Å². The van der Waals surface area contributed by atoms with Crippen molar-refractivity contribution in [3.8, 4) is 0 Å². The van der Waals surface area contributed by atoms with Gasteiger partial charge in [-0.15, -0.1) is 0 Å². The van der Waals surface area contributed by atoms with Crippen molar-refractivity contribution in [1.29, 1.82) is 0 Å². The lowest BCUT2D eigenvalue weighted by Gasteiger charge is -2.05. The molecule has 0 aliphatic heterocycles. The average molecular weight is 166 g/mol. The van der Waals surface area contributed by atoms with E-state index in [-0.39, 0.29) is 0 Å². The molecular formula is C8H11BO3. The second-order valence-electron chi connectivity index (χ2n) is 2.72. The maximum Gasteiger partial charge on any atom is 0.488 e. The Balaban J connectivity index is 2.86. The summed E-state index contributed by atoms with van der Waals surface area (Å²) < 4.78 is 0. The number of hydrogen-bond acceptors (Lipinski definition) is 3. The molecule has 3 nitrogen and oxygen atoms in total. The SMILES string of the molecule is C[C@H](O)c1ccc(B(O)O)cc1. The summed E-state index contributed by atoms with van der Waals surface area (Å²) in [6.45, 7) is 1.66. The largest absolute Gasteiger partial charge is 0.488 e. The van der Waals surface area contributed by atoms with E-state index in [9.17, 15) is 0 Å². The van der Waals surface area contributed by atoms with Crippen LogP contribution in [0, 0.1) is 0 Å². The van der Waals surface area contributed by atoms with E-state index in [1.807, 2.05) is 0 Å². The highest BCUT2D eigenvalue weighted by Gasteiger charge is 2.10. The van der Waals surface area contributed by atoms with Crippen LogP contribution in [0.5, 0.6) is 0 Å². The van der Waals surface area contributed by atoms with Crippen molar-refractivity contribution in [1.82, 2.24) is 0 Å². The summed E-state index contributed by atoms with van der Waals surface area (Å²) in [5, 5.41) is 26.6. The topological polar surface area (TPSA) is 60.7 Å². The molecular weight excluding hydrogens is 155 g/mol. The Morgan fingerprint density at radius 3 is 2.00 bits per heavy atom. The summed E-state index contributed by atoms with van der Waals surface area (Å²) in [5.74, 6) is 0. The summed E-state index contributed by atoms with van der Waals surface area (Å²) >= 11 is 0.